The molecular formula is C16H14N3O4S-. The molecule has 1 aromatic heterocycles. The maximum atomic E-state index is 12.0. The second kappa shape index (κ2) is 7.05. The molecule has 0 fully saturated rings. The maximum absolute atomic E-state index is 12.0. The van der Waals surface area contributed by atoms with Crippen molar-refractivity contribution in [2.45, 2.75) is 13.5 Å². The summed E-state index contributed by atoms with van der Waals surface area (Å²) in [5.41, 5.74) is 0.0427. The van der Waals surface area contributed by atoms with Gasteiger partial charge >= 0.3 is 0 Å². The molecule has 0 radical (unpaired) electrons. The number of hydrogen-bond acceptors (Lipinski definition) is 6. The first-order chi connectivity index (χ1) is 11.4. The number of aromatic nitrogens is 2. The Morgan fingerprint density at radius 2 is 2.25 bits per heavy atom. The third kappa shape index (κ3) is 3.33. The number of benzene rings is 1. The Morgan fingerprint density at radius 1 is 1.54 bits per heavy atom. The quantitative estimate of drug-likeness (QED) is 0.481. The number of carboxylic acids is 1. The molecule has 0 saturated heterocycles. The van der Waals surface area contributed by atoms with Gasteiger partial charge in [-0.2, -0.15) is 0 Å². The van der Waals surface area contributed by atoms with E-state index in [1.807, 2.05) is 0 Å². The van der Waals surface area contributed by atoms with Gasteiger partial charge < -0.3 is 15.0 Å². The largest absolute Gasteiger partial charge is 0.545 e. The molecule has 8 heteroatoms. The first-order valence-electron chi connectivity index (χ1n) is 6.88. The molecule has 0 bridgehead atoms. The third-order valence-corrected chi connectivity index (χ3v) is 3.70. The molecule has 2 N–H and O–H groups in total. The highest BCUT2D eigenvalue weighted by Gasteiger charge is 2.10. The summed E-state index contributed by atoms with van der Waals surface area (Å²) in [4.78, 5) is 29.5. The number of aromatic carboxylic acids is 1. The van der Waals surface area contributed by atoms with E-state index in [2.05, 4.69) is 16.6 Å². The predicted octanol–water partition coefficient (Wildman–Crippen LogP) is 1.22. The van der Waals surface area contributed by atoms with Gasteiger partial charge in [-0.05, 0) is 30.8 Å². The van der Waals surface area contributed by atoms with Crippen molar-refractivity contribution in [3.63, 3.8) is 0 Å². The number of carbonyl (C=O) groups is 1. The smallest absolute Gasteiger partial charge is 0.264 e. The number of aromatic hydroxyl groups is 1. The van der Waals surface area contributed by atoms with Crippen LogP contribution in [0.15, 0.2) is 40.6 Å². The van der Waals surface area contributed by atoms with Crippen LogP contribution >= 0.6 is 12.2 Å². The SMILES string of the molecule is C=CCn1c(O)c(C=Nc2cccc(C(=O)[O-])c2C)c(=O)[nH]c1=S. The van der Waals surface area contributed by atoms with Crippen LogP contribution < -0.4 is 10.7 Å². The van der Waals surface area contributed by atoms with Crippen molar-refractivity contribution in [3.8, 4) is 5.88 Å². The van der Waals surface area contributed by atoms with Crippen molar-refractivity contribution >= 4 is 30.1 Å². The molecule has 24 heavy (non-hydrogen) atoms. The molecule has 0 aliphatic carbocycles. The number of rotatable bonds is 5. The predicted molar refractivity (Wildman–Crippen MR) is 90.5 cm³/mol. The van der Waals surface area contributed by atoms with Crippen LogP contribution in [0.2, 0.25) is 0 Å². The van der Waals surface area contributed by atoms with Crippen molar-refractivity contribution in [2.75, 3.05) is 0 Å². The van der Waals surface area contributed by atoms with Crippen molar-refractivity contribution in [3.05, 3.63) is 62.7 Å². The van der Waals surface area contributed by atoms with E-state index in [9.17, 15) is 19.8 Å². The van der Waals surface area contributed by atoms with Crippen LogP contribution in [0.5, 0.6) is 5.88 Å². The highest BCUT2D eigenvalue weighted by atomic mass is 32.1. The summed E-state index contributed by atoms with van der Waals surface area (Å²) in [7, 11) is 0. The van der Waals surface area contributed by atoms with Crippen LogP contribution in [0.25, 0.3) is 0 Å². The lowest BCUT2D eigenvalue weighted by Crippen LogP contribution is -2.23. The molecule has 0 aliphatic heterocycles. The summed E-state index contributed by atoms with van der Waals surface area (Å²) < 4.78 is 1.35. The van der Waals surface area contributed by atoms with E-state index in [1.165, 1.54) is 22.8 Å². The van der Waals surface area contributed by atoms with Crippen molar-refractivity contribution in [1.82, 2.24) is 9.55 Å². The minimum atomic E-state index is -1.32. The Bertz CT molecular complexity index is 957. The Kier molecular flexibility index (Phi) is 5.10. The average Bonchev–Trinajstić information content (AvgIpc) is 2.52. The number of nitrogens with zero attached hydrogens (tertiary/aromatic N) is 2. The molecule has 2 rings (SSSR count). The fourth-order valence-electron chi connectivity index (χ4n) is 2.11. The molecule has 0 amide bonds. The lowest BCUT2D eigenvalue weighted by molar-refractivity contribution is -0.255. The Hall–Kier alpha value is -3.00. The lowest BCUT2D eigenvalue weighted by atomic mass is 10.1. The number of carboxylic acid groups (broad SMARTS) is 1. The van der Waals surface area contributed by atoms with E-state index in [0.717, 1.165) is 6.21 Å². The standard InChI is InChI=1S/C16H15N3O4S/c1-3-7-19-14(21)11(13(20)18-16(19)24)8-17-12-6-4-5-10(9(12)2)15(22)23/h3-6,8,21H,1,7H2,2H3,(H,22,23)(H,18,20,24)/p-1. The summed E-state index contributed by atoms with van der Waals surface area (Å²) in [6.07, 6.45) is 2.67. The number of H-pyrrole nitrogens is 1. The molecule has 0 spiro atoms. The summed E-state index contributed by atoms with van der Waals surface area (Å²) >= 11 is 4.98. The number of carbonyl (C=O) groups excluding carboxylic acids is 1. The minimum Gasteiger partial charge on any atom is -0.545 e. The van der Waals surface area contributed by atoms with Gasteiger partial charge in [-0.15, -0.1) is 6.58 Å². The fourth-order valence-corrected chi connectivity index (χ4v) is 2.36. The van der Waals surface area contributed by atoms with E-state index < -0.39 is 11.5 Å². The first-order valence-corrected chi connectivity index (χ1v) is 7.29. The number of allylic oxidation sites excluding steroid dienone is 1. The van der Waals surface area contributed by atoms with Gasteiger partial charge in [0, 0.05) is 18.3 Å². The summed E-state index contributed by atoms with van der Waals surface area (Å²) in [5.74, 6) is -1.66. The molecule has 0 unspecified atom stereocenters. The average molecular weight is 344 g/mol. The molecule has 2 aromatic rings. The second-order valence-electron chi connectivity index (χ2n) is 4.89. The fraction of sp³-hybridized carbons (Fsp3) is 0.125. The van der Waals surface area contributed by atoms with Gasteiger partial charge in [0.15, 0.2) is 4.77 Å². The van der Waals surface area contributed by atoms with Gasteiger partial charge in [-0.25, -0.2) is 0 Å². The topological polar surface area (TPSA) is 111 Å². The number of aromatic amines is 1. The molecule has 1 aromatic carbocycles. The second-order valence-corrected chi connectivity index (χ2v) is 5.28. The van der Waals surface area contributed by atoms with Crippen LogP contribution in [0.3, 0.4) is 0 Å². The monoisotopic (exact) mass is 344 g/mol. The van der Waals surface area contributed by atoms with Crippen LogP contribution in [-0.2, 0) is 6.54 Å². The zero-order chi connectivity index (χ0) is 17.9. The van der Waals surface area contributed by atoms with Crippen molar-refractivity contribution in [2.24, 2.45) is 4.99 Å². The van der Waals surface area contributed by atoms with E-state index in [0.29, 0.717) is 11.3 Å². The van der Waals surface area contributed by atoms with E-state index in [1.54, 1.807) is 13.0 Å². The van der Waals surface area contributed by atoms with Gasteiger partial charge in [0.05, 0.1) is 11.7 Å². The van der Waals surface area contributed by atoms with Gasteiger partial charge in [-0.3, -0.25) is 19.3 Å². The molecule has 0 saturated carbocycles. The number of hydrogen-bond donors (Lipinski definition) is 2. The highest BCUT2D eigenvalue weighted by Crippen LogP contribution is 2.22. The zero-order valence-electron chi connectivity index (χ0n) is 12.8. The van der Waals surface area contributed by atoms with Gasteiger partial charge in [0.1, 0.15) is 5.56 Å². The van der Waals surface area contributed by atoms with Crippen LogP contribution in [-0.4, -0.2) is 26.8 Å². The Labute approximate surface area is 142 Å². The molecular weight excluding hydrogens is 330 g/mol. The molecule has 1 heterocycles. The first kappa shape index (κ1) is 17.4. The third-order valence-electron chi connectivity index (χ3n) is 3.38. The van der Waals surface area contributed by atoms with Gasteiger partial charge in [0.25, 0.3) is 5.56 Å². The normalized spacial score (nSPS) is 10.9. The van der Waals surface area contributed by atoms with Crippen LogP contribution in [0.4, 0.5) is 5.69 Å². The number of aliphatic imine (C=N–C) groups is 1. The maximum Gasteiger partial charge on any atom is 0.264 e. The van der Waals surface area contributed by atoms with Crippen molar-refractivity contribution in [1.29, 1.82) is 0 Å². The van der Waals surface area contributed by atoms with Crippen molar-refractivity contribution < 1.29 is 15.0 Å². The number of nitrogens with one attached hydrogen (secondary N) is 1. The molecule has 7 nitrogen and oxygen atoms in total. The van der Waals surface area contributed by atoms with E-state index >= 15 is 0 Å². The van der Waals surface area contributed by atoms with E-state index in [-0.39, 0.29) is 28.3 Å². The van der Waals surface area contributed by atoms with E-state index in [4.69, 9.17) is 12.2 Å². The molecule has 0 atom stereocenters. The summed E-state index contributed by atoms with van der Waals surface area (Å²) in [6.45, 7) is 5.34. The lowest BCUT2D eigenvalue weighted by Gasteiger charge is -2.10. The summed E-state index contributed by atoms with van der Waals surface area (Å²) in [6, 6.07) is 4.50. The van der Waals surface area contributed by atoms with Gasteiger partial charge in [-0.1, -0.05) is 18.2 Å². The Balaban J connectivity index is 2.55. The van der Waals surface area contributed by atoms with Gasteiger partial charge in [0.2, 0.25) is 5.88 Å². The Morgan fingerprint density at radius 3 is 2.88 bits per heavy atom. The highest BCUT2D eigenvalue weighted by molar-refractivity contribution is 7.71. The minimum absolute atomic E-state index is 0.00501. The summed E-state index contributed by atoms with van der Waals surface area (Å²) in [5, 5.41) is 21.2. The molecule has 0 aliphatic rings. The zero-order valence-corrected chi connectivity index (χ0v) is 13.6. The molecule has 124 valence electrons. The van der Waals surface area contributed by atoms with Crippen LogP contribution in [0.1, 0.15) is 21.5 Å². The van der Waals surface area contributed by atoms with Crippen LogP contribution in [0, 0.1) is 11.7 Å².